The maximum atomic E-state index is 6.03. The molecule has 0 aliphatic rings. The van der Waals surface area contributed by atoms with Crippen molar-refractivity contribution in [1.82, 2.24) is 5.32 Å². The monoisotopic (exact) mass is 465 g/mol. The minimum atomic E-state index is 0. The minimum Gasteiger partial charge on any atom is -0.493 e. The molecular formula is C18H19BrCl3NO2. The van der Waals surface area contributed by atoms with E-state index in [4.69, 9.17) is 32.7 Å². The van der Waals surface area contributed by atoms with Crippen LogP contribution in [-0.2, 0) is 13.2 Å². The molecule has 7 heteroatoms. The highest BCUT2D eigenvalue weighted by atomic mass is 79.9. The number of hydrogen-bond donors (Lipinski definition) is 1. The maximum Gasteiger partial charge on any atom is 0.175 e. The van der Waals surface area contributed by atoms with E-state index in [-0.39, 0.29) is 12.4 Å². The lowest BCUT2D eigenvalue weighted by atomic mass is 10.2. The van der Waals surface area contributed by atoms with Gasteiger partial charge in [0.2, 0.25) is 0 Å². The molecule has 1 N–H and O–H groups in total. The number of methoxy groups -OCH3 is 1. The van der Waals surface area contributed by atoms with Crippen LogP contribution in [0.2, 0.25) is 10.0 Å². The lowest BCUT2D eigenvalue weighted by Gasteiger charge is -2.15. The van der Waals surface area contributed by atoms with Crippen molar-refractivity contribution in [1.29, 1.82) is 0 Å². The van der Waals surface area contributed by atoms with Crippen molar-refractivity contribution in [3.05, 3.63) is 68.6 Å². The third kappa shape index (κ3) is 6.39. The van der Waals surface area contributed by atoms with Crippen molar-refractivity contribution in [3.8, 4) is 11.5 Å². The number of halogens is 4. The molecule has 0 aromatic heterocycles. The Labute approximate surface area is 172 Å². The van der Waals surface area contributed by atoms with Crippen LogP contribution in [0, 0.1) is 0 Å². The fourth-order valence-corrected chi connectivity index (χ4v) is 3.04. The molecule has 0 atom stereocenters. The Bertz CT molecular complexity index is 726. The van der Waals surface area contributed by atoms with E-state index in [2.05, 4.69) is 27.8 Å². The third-order valence-electron chi connectivity index (χ3n) is 3.27. The van der Waals surface area contributed by atoms with Gasteiger partial charge in [-0.05, 0) is 51.3 Å². The Balaban J connectivity index is 0.00000312. The smallest absolute Gasteiger partial charge is 0.175 e. The Morgan fingerprint density at radius 1 is 1.16 bits per heavy atom. The van der Waals surface area contributed by atoms with E-state index < -0.39 is 0 Å². The fourth-order valence-electron chi connectivity index (χ4n) is 2.12. The highest BCUT2D eigenvalue weighted by molar-refractivity contribution is 9.10. The molecule has 0 bridgehead atoms. The summed E-state index contributed by atoms with van der Waals surface area (Å²) in [6, 6.07) is 9.37. The van der Waals surface area contributed by atoms with Crippen molar-refractivity contribution < 1.29 is 9.47 Å². The van der Waals surface area contributed by atoms with Gasteiger partial charge >= 0.3 is 0 Å². The number of rotatable bonds is 8. The molecule has 0 heterocycles. The molecule has 0 saturated heterocycles. The van der Waals surface area contributed by atoms with Gasteiger partial charge in [-0.3, -0.25) is 0 Å². The molecule has 0 aliphatic heterocycles. The van der Waals surface area contributed by atoms with Gasteiger partial charge in [0.15, 0.2) is 11.5 Å². The third-order valence-corrected chi connectivity index (χ3v) is 4.60. The van der Waals surface area contributed by atoms with E-state index in [0.29, 0.717) is 34.7 Å². The Morgan fingerprint density at radius 3 is 2.56 bits per heavy atom. The second-order valence-electron chi connectivity index (χ2n) is 5.07. The zero-order valence-corrected chi connectivity index (χ0v) is 17.6. The minimum absolute atomic E-state index is 0. The van der Waals surface area contributed by atoms with E-state index >= 15 is 0 Å². The van der Waals surface area contributed by atoms with Gasteiger partial charge in [-0.1, -0.05) is 35.3 Å². The summed E-state index contributed by atoms with van der Waals surface area (Å²) in [5, 5.41) is 4.29. The molecule has 0 unspecified atom stereocenters. The standard InChI is InChI=1S/C18H18BrCl2NO2.ClH/c1-3-6-22-10-13-7-14(19)18(17(9-13)23-2)24-11-12-4-5-15(20)16(21)8-12;/h3-5,7-9,22H,1,6,10-11H2,2H3;1H. The molecular weight excluding hydrogens is 448 g/mol. The topological polar surface area (TPSA) is 30.5 Å². The van der Waals surface area contributed by atoms with Gasteiger partial charge in [0.25, 0.3) is 0 Å². The van der Waals surface area contributed by atoms with Gasteiger partial charge in [0.1, 0.15) is 6.61 Å². The van der Waals surface area contributed by atoms with Gasteiger partial charge in [0.05, 0.1) is 21.6 Å². The van der Waals surface area contributed by atoms with Crippen LogP contribution in [0.15, 0.2) is 47.5 Å². The van der Waals surface area contributed by atoms with Crippen LogP contribution in [0.3, 0.4) is 0 Å². The van der Waals surface area contributed by atoms with Crippen LogP contribution in [0.25, 0.3) is 0 Å². The molecule has 0 spiro atoms. The molecule has 2 aromatic rings. The van der Waals surface area contributed by atoms with Crippen LogP contribution in [0.1, 0.15) is 11.1 Å². The highest BCUT2D eigenvalue weighted by Crippen LogP contribution is 2.37. The number of ether oxygens (including phenoxy) is 2. The lowest BCUT2D eigenvalue weighted by molar-refractivity contribution is 0.282. The normalized spacial score (nSPS) is 10.1. The molecule has 0 radical (unpaired) electrons. The first kappa shape index (κ1) is 22.1. The molecule has 2 rings (SSSR count). The predicted molar refractivity (Wildman–Crippen MR) is 111 cm³/mol. The van der Waals surface area contributed by atoms with E-state index in [9.17, 15) is 0 Å². The molecule has 3 nitrogen and oxygen atoms in total. The fraction of sp³-hybridized carbons (Fsp3) is 0.222. The zero-order chi connectivity index (χ0) is 17.5. The summed E-state index contributed by atoms with van der Waals surface area (Å²) in [6.45, 7) is 5.51. The number of hydrogen-bond acceptors (Lipinski definition) is 3. The van der Waals surface area contributed by atoms with E-state index in [1.165, 1.54) is 0 Å². The summed E-state index contributed by atoms with van der Waals surface area (Å²) >= 11 is 15.5. The molecule has 0 saturated carbocycles. The van der Waals surface area contributed by atoms with Crippen molar-refractivity contribution in [2.75, 3.05) is 13.7 Å². The average Bonchev–Trinajstić information content (AvgIpc) is 2.56. The summed E-state index contributed by atoms with van der Waals surface area (Å²) < 4.78 is 12.2. The Kier molecular flexibility index (Phi) is 9.69. The number of benzene rings is 2. The van der Waals surface area contributed by atoms with Gasteiger partial charge in [-0.15, -0.1) is 19.0 Å². The summed E-state index contributed by atoms with van der Waals surface area (Å²) in [5.41, 5.74) is 2.01. The first-order valence-corrected chi connectivity index (χ1v) is 8.84. The summed E-state index contributed by atoms with van der Waals surface area (Å²) in [5.74, 6) is 1.32. The van der Waals surface area contributed by atoms with Gasteiger partial charge in [-0.2, -0.15) is 0 Å². The second kappa shape index (κ2) is 10.9. The lowest BCUT2D eigenvalue weighted by Crippen LogP contribution is -2.12. The van der Waals surface area contributed by atoms with E-state index in [0.717, 1.165) is 22.1 Å². The Hall–Kier alpha value is -0.910. The SMILES string of the molecule is C=CCNCc1cc(Br)c(OCc2ccc(Cl)c(Cl)c2)c(OC)c1.Cl. The highest BCUT2D eigenvalue weighted by Gasteiger charge is 2.12. The van der Waals surface area contributed by atoms with Crippen molar-refractivity contribution in [2.45, 2.75) is 13.2 Å². The van der Waals surface area contributed by atoms with Gasteiger partial charge in [-0.25, -0.2) is 0 Å². The molecule has 25 heavy (non-hydrogen) atoms. The van der Waals surface area contributed by atoms with Crippen molar-refractivity contribution >= 4 is 51.5 Å². The van der Waals surface area contributed by atoms with E-state index in [1.807, 2.05) is 24.3 Å². The Morgan fingerprint density at radius 2 is 1.92 bits per heavy atom. The maximum absolute atomic E-state index is 6.03. The summed E-state index contributed by atoms with van der Waals surface area (Å²) in [4.78, 5) is 0. The molecule has 136 valence electrons. The zero-order valence-electron chi connectivity index (χ0n) is 13.7. The first-order chi connectivity index (χ1) is 11.5. The van der Waals surface area contributed by atoms with Crippen LogP contribution in [0.4, 0.5) is 0 Å². The number of nitrogens with one attached hydrogen (secondary N) is 1. The summed E-state index contributed by atoms with van der Waals surface area (Å²) in [7, 11) is 1.62. The molecule has 0 fully saturated rings. The van der Waals surface area contributed by atoms with Crippen LogP contribution >= 0.6 is 51.5 Å². The largest absolute Gasteiger partial charge is 0.493 e. The van der Waals surface area contributed by atoms with Crippen LogP contribution in [-0.4, -0.2) is 13.7 Å². The van der Waals surface area contributed by atoms with Crippen molar-refractivity contribution in [3.63, 3.8) is 0 Å². The van der Waals surface area contributed by atoms with Crippen molar-refractivity contribution in [2.24, 2.45) is 0 Å². The van der Waals surface area contributed by atoms with Gasteiger partial charge < -0.3 is 14.8 Å². The molecule has 2 aromatic carbocycles. The van der Waals surface area contributed by atoms with Gasteiger partial charge in [0, 0.05) is 13.1 Å². The quantitative estimate of drug-likeness (QED) is 0.379. The van der Waals surface area contributed by atoms with Crippen LogP contribution in [0.5, 0.6) is 11.5 Å². The molecule has 0 amide bonds. The van der Waals surface area contributed by atoms with Crippen LogP contribution < -0.4 is 14.8 Å². The second-order valence-corrected chi connectivity index (χ2v) is 6.73. The first-order valence-electron chi connectivity index (χ1n) is 7.30. The van der Waals surface area contributed by atoms with E-state index in [1.54, 1.807) is 19.2 Å². The summed E-state index contributed by atoms with van der Waals surface area (Å²) in [6.07, 6.45) is 1.82. The average molecular weight is 468 g/mol. The molecule has 0 aliphatic carbocycles. The predicted octanol–water partition coefficient (Wildman–Crippen LogP) is 6.04.